The number of hydrogen-bond acceptors (Lipinski definition) is 5. The summed E-state index contributed by atoms with van der Waals surface area (Å²) in [6, 6.07) is 6.55. The molecular formula is C11H10N4O2S. The second-order valence-electron chi connectivity index (χ2n) is 3.55. The maximum Gasteiger partial charge on any atom is 0.269 e. The molecule has 6 nitrogen and oxygen atoms in total. The number of amides is 2. The molecule has 0 spiro atoms. The van der Waals surface area contributed by atoms with Crippen LogP contribution >= 0.6 is 11.5 Å². The van der Waals surface area contributed by atoms with E-state index in [1.807, 2.05) is 0 Å². The van der Waals surface area contributed by atoms with Crippen molar-refractivity contribution in [2.45, 2.75) is 6.92 Å². The van der Waals surface area contributed by atoms with Crippen molar-refractivity contribution in [1.82, 2.24) is 9.59 Å². The zero-order valence-corrected chi connectivity index (χ0v) is 10.3. The summed E-state index contributed by atoms with van der Waals surface area (Å²) >= 11 is 1.00. The molecule has 2 aromatic rings. The van der Waals surface area contributed by atoms with E-state index in [2.05, 4.69) is 14.9 Å². The second kappa shape index (κ2) is 4.92. The number of benzene rings is 1. The molecule has 1 heterocycles. The number of rotatable bonds is 3. The molecule has 92 valence electrons. The summed E-state index contributed by atoms with van der Waals surface area (Å²) in [7, 11) is 0. The molecule has 0 atom stereocenters. The molecule has 2 amide bonds. The number of nitrogens with zero attached hydrogens (tertiary/aromatic N) is 2. The molecule has 0 saturated carbocycles. The molecule has 0 aliphatic rings. The Morgan fingerprint density at radius 2 is 2.06 bits per heavy atom. The van der Waals surface area contributed by atoms with Gasteiger partial charge in [-0.05, 0) is 30.6 Å². The highest BCUT2D eigenvalue weighted by molar-refractivity contribution is 7.08. The zero-order chi connectivity index (χ0) is 13.1. The quantitative estimate of drug-likeness (QED) is 0.868. The first-order valence-corrected chi connectivity index (χ1v) is 5.86. The second-order valence-corrected chi connectivity index (χ2v) is 4.31. The van der Waals surface area contributed by atoms with Crippen molar-refractivity contribution in [2.75, 3.05) is 5.32 Å². The van der Waals surface area contributed by atoms with Crippen molar-refractivity contribution in [3.8, 4) is 0 Å². The fraction of sp³-hybridized carbons (Fsp3) is 0.0909. The zero-order valence-electron chi connectivity index (χ0n) is 9.51. The highest BCUT2D eigenvalue weighted by Crippen LogP contribution is 2.17. The minimum atomic E-state index is -0.593. The van der Waals surface area contributed by atoms with E-state index in [9.17, 15) is 9.59 Å². The summed E-state index contributed by atoms with van der Waals surface area (Å²) in [5.41, 5.74) is 6.42. The smallest absolute Gasteiger partial charge is 0.269 e. The van der Waals surface area contributed by atoms with Crippen LogP contribution < -0.4 is 11.1 Å². The van der Waals surface area contributed by atoms with Crippen molar-refractivity contribution in [3.05, 3.63) is 40.4 Å². The molecule has 0 saturated heterocycles. The topological polar surface area (TPSA) is 98.0 Å². The molecule has 0 aliphatic carbocycles. The van der Waals surface area contributed by atoms with E-state index < -0.39 is 5.91 Å². The van der Waals surface area contributed by atoms with Crippen molar-refractivity contribution in [2.24, 2.45) is 5.73 Å². The minimum Gasteiger partial charge on any atom is -0.366 e. The molecule has 3 N–H and O–H groups in total. The van der Waals surface area contributed by atoms with E-state index in [0.717, 1.165) is 11.5 Å². The lowest BCUT2D eigenvalue weighted by Gasteiger charge is -2.07. The maximum atomic E-state index is 11.9. The molecule has 0 radical (unpaired) electrons. The number of aryl methyl sites for hydroxylation is 1. The standard InChI is InChI=1S/C11H10N4O2S/c1-6-9(18-15-14-6)11(17)13-8-5-3-2-4-7(8)10(12)16/h2-5H,1H3,(H2,12,16)(H,13,17). The Balaban J connectivity index is 2.28. The fourth-order valence-corrected chi connectivity index (χ4v) is 1.98. The average molecular weight is 262 g/mol. The number of aromatic nitrogens is 2. The third-order valence-electron chi connectivity index (χ3n) is 2.30. The summed E-state index contributed by atoms with van der Waals surface area (Å²) in [5.74, 6) is -0.943. The molecule has 1 aromatic heterocycles. The predicted molar refractivity (Wildman–Crippen MR) is 67.6 cm³/mol. The summed E-state index contributed by atoms with van der Waals surface area (Å²) < 4.78 is 3.68. The Kier molecular flexibility index (Phi) is 3.33. The third kappa shape index (κ3) is 2.35. The van der Waals surface area contributed by atoms with E-state index in [4.69, 9.17) is 5.73 Å². The van der Waals surface area contributed by atoms with Gasteiger partial charge in [-0.25, -0.2) is 0 Å². The van der Waals surface area contributed by atoms with Crippen LogP contribution in [-0.2, 0) is 0 Å². The monoisotopic (exact) mass is 262 g/mol. The number of nitrogens with one attached hydrogen (secondary N) is 1. The van der Waals surface area contributed by atoms with Crippen LogP contribution in [0.1, 0.15) is 25.7 Å². The average Bonchev–Trinajstić information content (AvgIpc) is 2.76. The molecule has 2 rings (SSSR count). The van der Waals surface area contributed by atoms with E-state index >= 15 is 0 Å². The van der Waals surface area contributed by atoms with Gasteiger partial charge in [0.05, 0.1) is 16.9 Å². The van der Waals surface area contributed by atoms with Crippen LogP contribution in [0.4, 0.5) is 5.69 Å². The molecule has 0 bridgehead atoms. The van der Waals surface area contributed by atoms with Gasteiger partial charge in [0.1, 0.15) is 4.88 Å². The van der Waals surface area contributed by atoms with Gasteiger partial charge in [-0.15, -0.1) is 5.10 Å². The van der Waals surface area contributed by atoms with Crippen molar-refractivity contribution >= 4 is 29.0 Å². The van der Waals surface area contributed by atoms with Crippen LogP contribution in [0.5, 0.6) is 0 Å². The first-order valence-electron chi connectivity index (χ1n) is 5.08. The van der Waals surface area contributed by atoms with Gasteiger partial charge in [0.25, 0.3) is 11.8 Å². The van der Waals surface area contributed by atoms with Gasteiger partial charge in [-0.1, -0.05) is 16.6 Å². The number of carbonyl (C=O) groups is 2. The molecular weight excluding hydrogens is 252 g/mol. The molecule has 18 heavy (non-hydrogen) atoms. The maximum absolute atomic E-state index is 11.9. The largest absolute Gasteiger partial charge is 0.366 e. The third-order valence-corrected chi connectivity index (χ3v) is 3.13. The molecule has 0 unspecified atom stereocenters. The van der Waals surface area contributed by atoms with Gasteiger partial charge in [0.2, 0.25) is 0 Å². The highest BCUT2D eigenvalue weighted by Gasteiger charge is 2.15. The summed E-state index contributed by atoms with van der Waals surface area (Å²) in [6.45, 7) is 1.69. The number of para-hydroxylation sites is 1. The van der Waals surface area contributed by atoms with Gasteiger partial charge in [-0.3, -0.25) is 9.59 Å². The van der Waals surface area contributed by atoms with E-state index in [0.29, 0.717) is 16.3 Å². The highest BCUT2D eigenvalue weighted by atomic mass is 32.1. The lowest BCUT2D eigenvalue weighted by atomic mass is 10.1. The number of primary amides is 1. The Bertz CT molecular complexity index is 609. The minimum absolute atomic E-state index is 0.265. The first kappa shape index (κ1) is 12.2. The van der Waals surface area contributed by atoms with Gasteiger partial charge in [0, 0.05) is 0 Å². The van der Waals surface area contributed by atoms with Crippen molar-refractivity contribution in [3.63, 3.8) is 0 Å². The van der Waals surface area contributed by atoms with Crippen LogP contribution in [0.25, 0.3) is 0 Å². The van der Waals surface area contributed by atoms with Crippen molar-refractivity contribution in [1.29, 1.82) is 0 Å². The van der Waals surface area contributed by atoms with Crippen molar-refractivity contribution < 1.29 is 9.59 Å². The van der Waals surface area contributed by atoms with Gasteiger partial charge in [0.15, 0.2) is 0 Å². The normalized spacial score (nSPS) is 10.1. The van der Waals surface area contributed by atoms with E-state index in [1.54, 1.807) is 31.2 Å². The lowest BCUT2D eigenvalue weighted by molar-refractivity contribution is 0.100. The van der Waals surface area contributed by atoms with Crippen LogP contribution in [0, 0.1) is 6.92 Å². The first-order chi connectivity index (χ1) is 8.59. The number of hydrogen-bond donors (Lipinski definition) is 2. The Morgan fingerprint density at radius 1 is 1.33 bits per heavy atom. The predicted octanol–water partition coefficient (Wildman–Crippen LogP) is 1.20. The van der Waals surface area contributed by atoms with Crippen LogP contribution in [0.2, 0.25) is 0 Å². The van der Waals surface area contributed by atoms with Gasteiger partial charge in [-0.2, -0.15) is 0 Å². The van der Waals surface area contributed by atoms with Crippen LogP contribution in [0.3, 0.4) is 0 Å². The summed E-state index contributed by atoms with van der Waals surface area (Å²) in [4.78, 5) is 23.6. The number of carbonyl (C=O) groups excluding carboxylic acids is 2. The van der Waals surface area contributed by atoms with Crippen LogP contribution in [0.15, 0.2) is 24.3 Å². The van der Waals surface area contributed by atoms with Crippen LogP contribution in [-0.4, -0.2) is 21.4 Å². The Morgan fingerprint density at radius 3 is 2.67 bits per heavy atom. The Hall–Kier alpha value is -2.28. The molecule has 1 aromatic carbocycles. The Labute approximate surface area is 107 Å². The van der Waals surface area contributed by atoms with E-state index in [1.165, 1.54) is 0 Å². The molecule has 0 fully saturated rings. The SMILES string of the molecule is Cc1nnsc1C(=O)Nc1ccccc1C(N)=O. The number of anilines is 1. The van der Waals surface area contributed by atoms with E-state index in [-0.39, 0.29) is 11.5 Å². The van der Waals surface area contributed by atoms with Gasteiger partial charge < -0.3 is 11.1 Å². The fourth-order valence-electron chi connectivity index (χ4n) is 1.43. The molecule has 0 aliphatic heterocycles. The van der Waals surface area contributed by atoms with Gasteiger partial charge >= 0.3 is 0 Å². The molecule has 7 heteroatoms. The lowest BCUT2D eigenvalue weighted by Crippen LogP contribution is -2.18. The summed E-state index contributed by atoms with van der Waals surface area (Å²) in [5, 5.41) is 6.38. The number of nitrogens with two attached hydrogens (primary N) is 1. The summed E-state index contributed by atoms with van der Waals surface area (Å²) in [6.07, 6.45) is 0.